The van der Waals surface area contributed by atoms with Crippen molar-refractivity contribution >= 4 is 0 Å². The van der Waals surface area contributed by atoms with Crippen LogP contribution in [0.4, 0.5) is 0 Å². The lowest BCUT2D eigenvalue weighted by Gasteiger charge is -2.19. The predicted molar refractivity (Wildman–Crippen MR) is 27.0 cm³/mol. The van der Waals surface area contributed by atoms with Crippen LogP contribution in [0, 0.1) is 6.79 Å². The van der Waals surface area contributed by atoms with Crippen molar-refractivity contribution in [3.8, 4) is 0 Å². The third kappa shape index (κ3) is 1.43. The van der Waals surface area contributed by atoms with Gasteiger partial charge in [-0.1, -0.05) is 0 Å². The Morgan fingerprint density at radius 2 is 2.12 bits per heavy atom. The minimum atomic E-state index is 0.111. The van der Waals surface area contributed by atoms with Crippen molar-refractivity contribution in [1.82, 2.24) is 0 Å². The first kappa shape index (κ1) is 6.01. The molecule has 0 spiro atoms. The zero-order valence-corrected chi connectivity index (χ0v) is 4.79. The van der Waals surface area contributed by atoms with E-state index in [2.05, 4.69) is 0 Å². The molecule has 0 aliphatic carbocycles. The molecule has 0 unspecified atom stereocenters. The fraction of sp³-hybridized carbons (Fsp3) is 0.800. The number of ether oxygens (including phenoxy) is 3. The maximum absolute atomic E-state index is 4.92. The Balaban J connectivity index is 2.13. The van der Waals surface area contributed by atoms with E-state index in [0.29, 0.717) is 13.2 Å². The van der Waals surface area contributed by atoms with Gasteiger partial charge in [0.25, 0.3) is 0 Å². The Hall–Kier alpha value is -0.120. The fourth-order valence-electron chi connectivity index (χ4n) is 0.526. The monoisotopic (exact) mass is 117 g/mol. The van der Waals surface area contributed by atoms with Crippen molar-refractivity contribution in [2.24, 2.45) is 0 Å². The van der Waals surface area contributed by atoms with E-state index in [0.717, 1.165) is 0 Å². The van der Waals surface area contributed by atoms with E-state index in [1.165, 1.54) is 6.79 Å². The molecule has 1 aliphatic heterocycles. The Kier molecular flexibility index (Phi) is 2.27. The molecule has 1 aliphatic rings. The highest BCUT2D eigenvalue weighted by atomic mass is 16.7. The van der Waals surface area contributed by atoms with Crippen molar-refractivity contribution in [2.75, 3.05) is 20.3 Å². The van der Waals surface area contributed by atoms with E-state index in [1.807, 2.05) is 0 Å². The Bertz CT molecular complexity index is 58.7. The second-order valence-electron chi connectivity index (χ2n) is 1.62. The molecule has 3 nitrogen and oxygen atoms in total. The average molecular weight is 117 g/mol. The summed E-state index contributed by atoms with van der Waals surface area (Å²) in [4.78, 5) is 0. The molecule has 0 atom stereocenters. The van der Waals surface area contributed by atoms with Crippen molar-refractivity contribution < 1.29 is 14.2 Å². The molecule has 1 saturated heterocycles. The van der Waals surface area contributed by atoms with E-state index < -0.39 is 0 Å². The first-order valence-electron chi connectivity index (χ1n) is 2.51. The maximum Gasteiger partial charge on any atom is 0.209 e. The van der Waals surface area contributed by atoms with Crippen LogP contribution >= 0.6 is 0 Å². The SMILES string of the molecule is COC1CO[CH]OC1. The van der Waals surface area contributed by atoms with E-state index >= 15 is 0 Å². The van der Waals surface area contributed by atoms with E-state index in [1.54, 1.807) is 7.11 Å². The van der Waals surface area contributed by atoms with Crippen LogP contribution in [0.2, 0.25) is 0 Å². The van der Waals surface area contributed by atoms with Gasteiger partial charge in [0.1, 0.15) is 6.10 Å². The summed E-state index contributed by atoms with van der Waals surface area (Å²) >= 11 is 0. The lowest BCUT2D eigenvalue weighted by molar-refractivity contribution is -0.111. The summed E-state index contributed by atoms with van der Waals surface area (Å²) in [6, 6.07) is 0. The summed E-state index contributed by atoms with van der Waals surface area (Å²) in [6.07, 6.45) is 0.111. The zero-order valence-electron chi connectivity index (χ0n) is 4.79. The predicted octanol–water partition coefficient (Wildman–Crippen LogP) is 0.167. The molecule has 1 radical (unpaired) electrons. The van der Waals surface area contributed by atoms with E-state index in [4.69, 9.17) is 14.2 Å². The van der Waals surface area contributed by atoms with Gasteiger partial charge in [-0.2, -0.15) is 0 Å². The highest BCUT2D eigenvalue weighted by molar-refractivity contribution is 4.58. The normalized spacial score (nSPS) is 23.6. The number of hydrogen-bond acceptors (Lipinski definition) is 3. The van der Waals surface area contributed by atoms with Crippen LogP contribution < -0.4 is 0 Å². The smallest absolute Gasteiger partial charge is 0.209 e. The highest BCUT2D eigenvalue weighted by Crippen LogP contribution is 2.01. The summed E-state index contributed by atoms with van der Waals surface area (Å²) in [5, 5.41) is 0. The summed E-state index contributed by atoms with van der Waals surface area (Å²) in [5.41, 5.74) is 0. The van der Waals surface area contributed by atoms with Crippen molar-refractivity contribution in [3.63, 3.8) is 0 Å². The third-order valence-corrected chi connectivity index (χ3v) is 1.03. The summed E-state index contributed by atoms with van der Waals surface area (Å²) in [5.74, 6) is 0. The molecule has 0 aromatic rings. The Morgan fingerprint density at radius 1 is 1.50 bits per heavy atom. The van der Waals surface area contributed by atoms with Gasteiger partial charge >= 0.3 is 0 Å². The topological polar surface area (TPSA) is 27.7 Å². The molecule has 0 N–H and O–H groups in total. The Labute approximate surface area is 48.5 Å². The molecule has 0 amide bonds. The van der Waals surface area contributed by atoms with Gasteiger partial charge in [-0.25, -0.2) is 0 Å². The molecule has 1 heterocycles. The molecule has 8 heavy (non-hydrogen) atoms. The van der Waals surface area contributed by atoms with Gasteiger partial charge in [-0.3, -0.25) is 0 Å². The van der Waals surface area contributed by atoms with Crippen LogP contribution in [0.25, 0.3) is 0 Å². The molecule has 1 rings (SSSR count). The van der Waals surface area contributed by atoms with Gasteiger partial charge in [0.2, 0.25) is 6.79 Å². The van der Waals surface area contributed by atoms with Crippen LogP contribution in [0.15, 0.2) is 0 Å². The molecule has 0 aromatic heterocycles. The lowest BCUT2D eigenvalue weighted by Crippen LogP contribution is -2.28. The molecular formula is C5H9O3. The first-order valence-corrected chi connectivity index (χ1v) is 2.51. The van der Waals surface area contributed by atoms with E-state index in [-0.39, 0.29) is 6.10 Å². The van der Waals surface area contributed by atoms with Crippen molar-refractivity contribution in [3.05, 3.63) is 6.79 Å². The first-order chi connectivity index (χ1) is 3.93. The zero-order chi connectivity index (χ0) is 5.82. The fourth-order valence-corrected chi connectivity index (χ4v) is 0.526. The minimum absolute atomic E-state index is 0.111. The number of hydrogen-bond donors (Lipinski definition) is 0. The number of rotatable bonds is 1. The third-order valence-electron chi connectivity index (χ3n) is 1.03. The quantitative estimate of drug-likeness (QED) is 0.490. The maximum atomic E-state index is 4.92. The Morgan fingerprint density at radius 3 is 2.50 bits per heavy atom. The van der Waals surface area contributed by atoms with Crippen LogP contribution in [-0.2, 0) is 14.2 Å². The van der Waals surface area contributed by atoms with Crippen molar-refractivity contribution in [1.29, 1.82) is 0 Å². The molecule has 3 heteroatoms. The van der Waals surface area contributed by atoms with Gasteiger partial charge in [-0.05, 0) is 0 Å². The van der Waals surface area contributed by atoms with Crippen molar-refractivity contribution in [2.45, 2.75) is 6.10 Å². The summed E-state index contributed by atoms with van der Waals surface area (Å²) < 4.78 is 14.5. The second-order valence-corrected chi connectivity index (χ2v) is 1.62. The van der Waals surface area contributed by atoms with Crippen LogP contribution in [-0.4, -0.2) is 26.4 Å². The average Bonchev–Trinajstić information content (AvgIpc) is 1.90. The van der Waals surface area contributed by atoms with Gasteiger partial charge < -0.3 is 14.2 Å². The molecule has 0 aromatic carbocycles. The minimum Gasteiger partial charge on any atom is -0.377 e. The molecule has 47 valence electrons. The summed E-state index contributed by atoms with van der Waals surface area (Å²) in [7, 11) is 1.64. The number of methoxy groups -OCH3 is 1. The van der Waals surface area contributed by atoms with Gasteiger partial charge in [0.05, 0.1) is 13.2 Å². The second kappa shape index (κ2) is 3.02. The van der Waals surface area contributed by atoms with Crippen LogP contribution in [0.3, 0.4) is 0 Å². The van der Waals surface area contributed by atoms with Gasteiger partial charge in [0, 0.05) is 7.11 Å². The molecule has 0 saturated carbocycles. The van der Waals surface area contributed by atoms with E-state index in [9.17, 15) is 0 Å². The summed E-state index contributed by atoms with van der Waals surface area (Å²) in [6.45, 7) is 2.56. The highest BCUT2D eigenvalue weighted by Gasteiger charge is 2.12. The van der Waals surface area contributed by atoms with Gasteiger partial charge in [0.15, 0.2) is 0 Å². The standard InChI is InChI=1S/C5H9O3/c1-6-5-2-7-4-8-3-5/h4-5H,2-3H2,1H3. The molecule has 1 fully saturated rings. The molecular weight excluding hydrogens is 108 g/mol. The van der Waals surface area contributed by atoms with Crippen LogP contribution in [0.1, 0.15) is 0 Å². The molecule has 0 bridgehead atoms. The van der Waals surface area contributed by atoms with Crippen LogP contribution in [0.5, 0.6) is 0 Å². The van der Waals surface area contributed by atoms with Gasteiger partial charge in [-0.15, -0.1) is 0 Å². The largest absolute Gasteiger partial charge is 0.377 e. The lowest BCUT2D eigenvalue weighted by atomic mass is 10.4.